The normalized spacial score (nSPS) is 23.5. The molecule has 1 saturated heterocycles. The molecule has 1 aromatic carbocycles. The molecule has 1 N–H and O–H groups in total. The van der Waals surface area contributed by atoms with E-state index in [-0.39, 0.29) is 18.4 Å². The maximum Gasteiger partial charge on any atom is 0.236 e. The summed E-state index contributed by atoms with van der Waals surface area (Å²) in [5, 5.41) is 10.2. The first-order chi connectivity index (χ1) is 9.36. The molecule has 0 aliphatic carbocycles. The van der Waals surface area contributed by atoms with Gasteiger partial charge in [0.25, 0.3) is 0 Å². The van der Waals surface area contributed by atoms with Gasteiger partial charge in [-0.2, -0.15) is 0 Å². The highest BCUT2D eigenvalue weighted by molar-refractivity contribution is 6.05. The Morgan fingerprint density at radius 3 is 2.20 bits per heavy atom. The fourth-order valence-electron chi connectivity index (χ4n) is 2.92. The van der Waals surface area contributed by atoms with Crippen LogP contribution in [0.25, 0.3) is 0 Å². The lowest BCUT2D eigenvalue weighted by Crippen LogP contribution is -2.40. The minimum absolute atomic E-state index is 0.173. The number of rotatable bonds is 4. The van der Waals surface area contributed by atoms with E-state index in [0.717, 1.165) is 5.56 Å². The Kier molecular flexibility index (Phi) is 3.95. The summed E-state index contributed by atoms with van der Waals surface area (Å²) in [4.78, 5) is 26.2. The molecule has 1 heterocycles. The summed E-state index contributed by atoms with van der Waals surface area (Å²) in [7, 11) is 0. The summed E-state index contributed by atoms with van der Waals surface area (Å²) in [6.45, 7) is 5.34. The quantitative estimate of drug-likeness (QED) is 0.855. The highest BCUT2D eigenvalue weighted by Crippen LogP contribution is 2.37. The summed E-state index contributed by atoms with van der Waals surface area (Å²) >= 11 is 0. The van der Waals surface area contributed by atoms with Crippen LogP contribution in [0.2, 0.25) is 0 Å². The third-order valence-corrected chi connectivity index (χ3v) is 3.90. The number of carbonyl (C=O) groups is 2. The van der Waals surface area contributed by atoms with Gasteiger partial charge in [-0.3, -0.25) is 14.5 Å². The molecule has 108 valence electrons. The van der Waals surface area contributed by atoms with Gasteiger partial charge in [-0.25, -0.2) is 0 Å². The molecule has 4 heteroatoms. The van der Waals surface area contributed by atoms with Gasteiger partial charge in [0.05, 0.1) is 24.0 Å². The van der Waals surface area contributed by atoms with Gasteiger partial charge in [-0.15, -0.1) is 0 Å². The van der Waals surface area contributed by atoms with Crippen molar-refractivity contribution in [3.05, 3.63) is 35.9 Å². The van der Waals surface area contributed by atoms with Crippen molar-refractivity contribution in [1.82, 2.24) is 4.90 Å². The first-order valence-electron chi connectivity index (χ1n) is 6.97. The third-order valence-electron chi connectivity index (χ3n) is 3.90. The van der Waals surface area contributed by atoms with Gasteiger partial charge in [0, 0.05) is 0 Å². The molecular formula is C16H21NO3. The van der Waals surface area contributed by atoms with Crippen molar-refractivity contribution in [3.63, 3.8) is 0 Å². The number of aliphatic hydroxyl groups is 1. The molecule has 1 fully saturated rings. The van der Waals surface area contributed by atoms with E-state index in [1.165, 1.54) is 4.90 Å². The van der Waals surface area contributed by atoms with Gasteiger partial charge in [0.2, 0.25) is 11.8 Å². The van der Waals surface area contributed by atoms with E-state index in [4.69, 9.17) is 0 Å². The molecule has 2 rings (SSSR count). The monoisotopic (exact) mass is 275 g/mol. The summed E-state index contributed by atoms with van der Waals surface area (Å²) in [5.74, 6) is -1.51. The first kappa shape index (κ1) is 14.7. The predicted molar refractivity (Wildman–Crippen MR) is 75.6 cm³/mol. The Morgan fingerprint density at radius 1 is 1.15 bits per heavy atom. The number of nitrogens with zero attached hydrogens (tertiary/aromatic N) is 1. The molecule has 1 aliphatic heterocycles. The third kappa shape index (κ3) is 2.61. The second-order valence-corrected chi connectivity index (χ2v) is 5.89. The van der Waals surface area contributed by atoms with Crippen LogP contribution in [-0.2, 0) is 16.1 Å². The molecule has 0 aromatic heterocycles. The van der Waals surface area contributed by atoms with Gasteiger partial charge in [-0.1, -0.05) is 37.3 Å². The van der Waals surface area contributed by atoms with Crippen LogP contribution in [0.15, 0.2) is 30.3 Å². The van der Waals surface area contributed by atoms with Crippen LogP contribution in [0, 0.1) is 11.8 Å². The van der Waals surface area contributed by atoms with Crippen molar-refractivity contribution < 1.29 is 14.7 Å². The Hall–Kier alpha value is -1.68. The number of hydrogen-bond acceptors (Lipinski definition) is 3. The topological polar surface area (TPSA) is 57.6 Å². The lowest BCUT2D eigenvalue weighted by atomic mass is 9.81. The van der Waals surface area contributed by atoms with Gasteiger partial charge in [-0.05, 0) is 25.8 Å². The average molecular weight is 275 g/mol. The van der Waals surface area contributed by atoms with Crippen molar-refractivity contribution in [3.8, 4) is 0 Å². The predicted octanol–water partition coefficient (Wildman–Crippen LogP) is 1.97. The number of imide groups is 1. The van der Waals surface area contributed by atoms with Gasteiger partial charge in [0.15, 0.2) is 0 Å². The lowest BCUT2D eigenvalue weighted by molar-refractivity contribution is -0.142. The van der Waals surface area contributed by atoms with Crippen LogP contribution in [0.4, 0.5) is 0 Å². The van der Waals surface area contributed by atoms with Gasteiger partial charge in [0.1, 0.15) is 0 Å². The summed E-state index contributed by atoms with van der Waals surface area (Å²) in [6, 6.07) is 9.43. The standard InChI is InChI=1S/C16H21NO3/c1-4-12-13(16(2,3)20)15(19)17(14(12)18)10-11-8-6-5-7-9-11/h5-9,12-13,20H,4,10H2,1-3H3/t12-,13-/m0/s1. The highest BCUT2D eigenvalue weighted by Gasteiger charge is 2.52. The SMILES string of the molecule is CC[C@@H]1C(=O)N(Cc2ccccc2)C(=O)[C@H]1C(C)(C)O. The number of carbonyl (C=O) groups excluding carboxylic acids is 2. The molecule has 20 heavy (non-hydrogen) atoms. The smallest absolute Gasteiger partial charge is 0.236 e. The molecule has 2 amide bonds. The van der Waals surface area contributed by atoms with Crippen LogP contribution in [0.3, 0.4) is 0 Å². The van der Waals surface area contributed by atoms with Crippen molar-refractivity contribution in [2.75, 3.05) is 0 Å². The van der Waals surface area contributed by atoms with E-state index in [0.29, 0.717) is 6.42 Å². The fraction of sp³-hybridized carbons (Fsp3) is 0.500. The number of likely N-dealkylation sites (tertiary alicyclic amines) is 1. The molecule has 0 radical (unpaired) electrons. The van der Waals surface area contributed by atoms with Gasteiger partial charge >= 0.3 is 0 Å². The highest BCUT2D eigenvalue weighted by atomic mass is 16.3. The summed E-state index contributed by atoms with van der Waals surface area (Å²) in [6.07, 6.45) is 0.560. The summed E-state index contributed by atoms with van der Waals surface area (Å²) in [5.41, 5.74) is -0.265. The maximum atomic E-state index is 12.5. The van der Waals surface area contributed by atoms with Crippen molar-refractivity contribution >= 4 is 11.8 Å². The Balaban J connectivity index is 2.27. The maximum absolute atomic E-state index is 12.5. The van der Waals surface area contributed by atoms with E-state index in [1.807, 2.05) is 37.3 Å². The molecule has 0 bridgehead atoms. The zero-order valence-corrected chi connectivity index (χ0v) is 12.2. The second-order valence-electron chi connectivity index (χ2n) is 5.89. The number of benzene rings is 1. The van der Waals surface area contributed by atoms with Crippen LogP contribution >= 0.6 is 0 Å². The van der Waals surface area contributed by atoms with Crippen LogP contribution in [-0.4, -0.2) is 27.4 Å². The molecule has 0 spiro atoms. The van der Waals surface area contributed by atoms with Crippen LogP contribution in [0.1, 0.15) is 32.8 Å². The van der Waals surface area contributed by atoms with Crippen molar-refractivity contribution in [2.24, 2.45) is 11.8 Å². The zero-order chi connectivity index (χ0) is 14.9. The minimum atomic E-state index is -1.18. The van der Waals surface area contributed by atoms with E-state index in [9.17, 15) is 14.7 Å². The zero-order valence-electron chi connectivity index (χ0n) is 12.2. The van der Waals surface area contributed by atoms with E-state index < -0.39 is 17.4 Å². The molecule has 4 nitrogen and oxygen atoms in total. The van der Waals surface area contributed by atoms with Crippen LogP contribution < -0.4 is 0 Å². The molecule has 1 aromatic rings. The molecule has 0 saturated carbocycles. The fourth-order valence-corrected chi connectivity index (χ4v) is 2.92. The van der Waals surface area contributed by atoms with E-state index in [2.05, 4.69) is 0 Å². The molecule has 2 atom stereocenters. The van der Waals surface area contributed by atoms with Gasteiger partial charge < -0.3 is 5.11 Å². The molecule has 1 aliphatic rings. The number of hydrogen-bond donors (Lipinski definition) is 1. The molecule has 0 unspecified atom stereocenters. The summed E-state index contributed by atoms with van der Waals surface area (Å²) < 4.78 is 0. The van der Waals surface area contributed by atoms with Crippen molar-refractivity contribution in [1.29, 1.82) is 0 Å². The Labute approximate surface area is 119 Å². The molecular weight excluding hydrogens is 254 g/mol. The Morgan fingerprint density at radius 2 is 1.75 bits per heavy atom. The largest absolute Gasteiger partial charge is 0.390 e. The number of amides is 2. The Bertz CT molecular complexity index is 504. The van der Waals surface area contributed by atoms with E-state index >= 15 is 0 Å². The first-order valence-corrected chi connectivity index (χ1v) is 6.97. The average Bonchev–Trinajstić information content (AvgIpc) is 2.63. The second kappa shape index (κ2) is 5.37. The van der Waals surface area contributed by atoms with E-state index in [1.54, 1.807) is 13.8 Å². The lowest BCUT2D eigenvalue weighted by Gasteiger charge is -2.26. The van der Waals surface area contributed by atoms with Crippen LogP contribution in [0.5, 0.6) is 0 Å². The van der Waals surface area contributed by atoms with Crippen molar-refractivity contribution in [2.45, 2.75) is 39.3 Å². The minimum Gasteiger partial charge on any atom is -0.390 e.